The number of hydrogen-bond donors (Lipinski definition) is 0. The van der Waals surface area contributed by atoms with Crippen molar-refractivity contribution in [1.29, 1.82) is 0 Å². The molecule has 5 nitrogen and oxygen atoms in total. The van der Waals surface area contributed by atoms with Gasteiger partial charge in [0.05, 0.1) is 12.1 Å². The molecule has 4 heterocycles. The van der Waals surface area contributed by atoms with Gasteiger partial charge in [0.1, 0.15) is 5.76 Å². The van der Waals surface area contributed by atoms with Gasteiger partial charge in [-0.2, -0.15) is 0 Å². The van der Waals surface area contributed by atoms with Crippen LogP contribution in [-0.4, -0.2) is 53.1 Å². The molecule has 27 heavy (non-hydrogen) atoms. The zero-order valence-corrected chi connectivity index (χ0v) is 16.1. The SMILES string of the molecule is Cc1cc(CC(=O)N2C[C@H]3CC[C@@H]2CN(CCCc2ccccc2)C3)on1. The van der Waals surface area contributed by atoms with Crippen LogP contribution in [0.15, 0.2) is 40.9 Å². The van der Waals surface area contributed by atoms with E-state index in [9.17, 15) is 4.79 Å². The monoisotopic (exact) mass is 367 g/mol. The fourth-order valence-corrected chi connectivity index (χ4v) is 4.57. The van der Waals surface area contributed by atoms with Gasteiger partial charge < -0.3 is 14.3 Å². The summed E-state index contributed by atoms with van der Waals surface area (Å²) in [5.41, 5.74) is 2.24. The summed E-state index contributed by atoms with van der Waals surface area (Å²) in [6.45, 7) is 6.03. The minimum Gasteiger partial charge on any atom is -0.361 e. The van der Waals surface area contributed by atoms with Gasteiger partial charge in [-0.3, -0.25) is 4.79 Å². The van der Waals surface area contributed by atoms with Crippen LogP contribution in [-0.2, 0) is 17.6 Å². The van der Waals surface area contributed by atoms with E-state index in [1.807, 2.05) is 13.0 Å². The van der Waals surface area contributed by atoms with Crippen LogP contribution in [0.3, 0.4) is 0 Å². The summed E-state index contributed by atoms with van der Waals surface area (Å²) < 4.78 is 5.25. The molecule has 0 radical (unpaired) electrons. The molecule has 2 atom stereocenters. The molecular weight excluding hydrogens is 338 g/mol. The molecule has 5 rings (SSSR count). The number of nitrogens with zero attached hydrogens (tertiary/aromatic N) is 3. The summed E-state index contributed by atoms with van der Waals surface area (Å²) >= 11 is 0. The first-order valence-corrected chi connectivity index (χ1v) is 10.2. The first-order valence-electron chi connectivity index (χ1n) is 10.2. The van der Waals surface area contributed by atoms with Gasteiger partial charge in [-0.15, -0.1) is 0 Å². The number of amides is 1. The van der Waals surface area contributed by atoms with Crippen molar-refractivity contribution in [1.82, 2.24) is 15.0 Å². The molecule has 1 amide bonds. The molecule has 0 aliphatic carbocycles. The summed E-state index contributed by atoms with van der Waals surface area (Å²) in [4.78, 5) is 17.5. The molecule has 1 aromatic heterocycles. The zero-order valence-electron chi connectivity index (χ0n) is 16.1. The van der Waals surface area contributed by atoms with Crippen LogP contribution in [0.2, 0.25) is 0 Å². The van der Waals surface area contributed by atoms with Crippen LogP contribution in [0.4, 0.5) is 0 Å². The fraction of sp³-hybridized carbons (Fsp3) is 0.545. The van der Waals surface area contributed by atoms with Gasteiger partial charge in [-0.25, -0.2) is 0 Å². The third kappa shape index (κ3) is 4.59. The predicted octanol–water partition coefficient (Wildman–Crippen LogP) is 3.08. The molecule has 0 unspecified atom stereocenters. The maximum Gasteiger partial charge on any atom is 0.230 e. The second-order valence-electron chi connectivity index (χ2n) is 8.10. The second-order valence-corrected chi connectivity index (χ2v) is 8.10. The van der Waals surface area contributed by atoms with Crippen molar-refractivity contribution in [3.8, 4) is 0 Å². The summed E-state index contributed by atoms with van der Waals surface area (Å²) in [6, 6.07) is 12.9. The Kier molecular flexibility index (Phi) is 5.58. The molecule has 3 fully saturated rings. The van der Waals surface area contributed by atoms with Gasteiger partial charge in [0.25, 0.3) is 0 Å². The van der Waals surface area contributed by atoms with E-state index in [0.717, 1.165) is 44.7 Å². The van der Waals surface area contributed by atoms with Crippen LogP contribution in [0, 0.1) is 12.8 Å². The molecule has 0 N–H and O–H groups in total. The number of aryl methyl sites for hydroxylation is 2. The van der Waals surface area contributed by atoms with Crippen molar-refractivity contribution in [3.63, 3.8) is 0 Å². The number of carbonyl (C=O) groups is 1. The van der Waals surface area contributed by atoms with Crippen LogP contribution in [0.1, 0.15) is 36.3 Å². The van der Waals surface area contributed by atoms with Gasteiger partial charge in [0.15, 0.2) is 0 Å². The van der Waals surface area contributed by atoms with E-state index in [4.69, 9.17) is 4.52 Å². The van der Waals surface area contributed by atoms with Crippen molar-refractivity contribution >= 4 is 5.91 Å². The van der Waals surface area contributed by atoms with Crippen LogP contribution >= 0.6 is 0 Å². The molecule has 5 heteroatoms. The number of aromatic nitrogens is 1. The lowest BCUT2D eigenvalue weighted by Crippen LogP contribution is -2.48. The Balaban J connectivity index is 1.32. The molecule has 2 aromatic rings. The maximum absolute atomic E-state index is 12.8. The Morgan fingerprint density at radius 2 is 2.04 bits per heavy atom. The van der Waals surface area contributed by atoms with Gasteiger partial charge in [0.2, 0.25) is 5.91 Å². The molecule has 1 aromatic carbocycles. The third-order valence-electron chi connectivity index (χ3n) is 5.89. The highest BCUT2D eigenvalue weighted by Gasteiger charge is 2.37. The van der Waals surface area contributed by atoms with Crippen molar-refractivity contribution < 1.29 is 9.32 Å². The Labute approximate surface area is 161 Å². The van der Waals surface area contributed by atoms with Gasteiger partial charge in [-0.05, 0) is 50.6 Å². The maximum atomic E-state index is 12.8. The highest BCUT2D eigenvalue weighted by atomic mass is 16.5. The van der Waals surface area contributed by atoms with E-state index in [2.05, 4.69) is 45.3 Å². The van der Waals surface area contributed by atoms with E-state index < -0.39 is 0 Å². The minimum absolute atomic E-state index is 0.187. The highest BCUT2D eigenvalue weighted by Crippen LogP contribution is 2.28. The van der Waals surface area contributed by atoms with Gasteiger partial charge >= 0.3 is 0 Å². The van der Waals surface area contributed by atoms with Gasteiger partial charge in [-0.1, -0.05) is 35.5 Å². The molecule has 0 saturated carbocycles. The average molecular weight is 367 g/mol. The van der Waals surface area contributed by atoms with E-state index in [0.29, 0.717) is 24.1 Å². The van der Waals surface area contributed by atoms with Crippen LogP contribution in [0.25, 0.3) is 0 Å². The molecule has 3 aliphatic heterocycles. The second kappa shape index (κ2) is 8.26. The molecule has 0 spiro atoms. The molecule has 3 saturated heterocycles. The van der Waals surface area contributed by atoms with Crippen LogP contribution in [0.5, 0.6) is 0 Å². The number of rotatable bonds is 6. The standard InChI is InChI=1S/C22H29N3O2/c1-17-12-21(27-23-17)13-22(26)25-15-19-9-10-20(25)16-24(14-19)11-5-8-18-6-3-2-4-7-18/h2-4,6-7,12,19-20H,5,8-11,13-16H2,1H3/t19-,20+/m0/s1. The Morgan fingerprint density at radius 1 is 1.19 bits per heavy atom. The Morgan fingerprint density at radius 3 is 2.81 bits per heavy atom. The fourth-order valence-electron chi connectivity index (χ4n) is 4.57. The number of piperidine rings is 1. The highest BCUT2D eigenvalue weighted by molar-refractivity contribution is 5.78. The van der Waals surface area contributed by atoms with E-state index in [1.165, 1.54) is 18.4 Å². The lowest BCUT2D eigenvalue weighted by Gasteiger charge is -2.36. The predicted molar refractivity (Wildman–Crippen MR) is 104 cm³/mol. The van der Waals surface area contributed by atoms with Gasteiger partial charge in [0, 0.05) is 31.7 Å². The average Bonchev–Trinajstić information content (AvgIpc) is 2.89. The summed E-state index contributed by atoms with van der Waals surface area (Å²) in [5.74, 6) is 1.46. The molecule has 3 aliphatic rings. The zero-order chi connectivity index (χ0) is 18.6. The van der Waals surface area contributed by atoms with E-state index >= 15 is 0 Å². The summed E-state index contributed by atoms with van der Waals surface area (Å²) in [6.07, 6.45) is 5.00. The van der Waals surface area contributed by atoms with Crippen LogP contribution < -0.4 is 0 Å². The Bertz CT molecular complexity index is 758. The molecular formula is C22H29N3O2. The summed E-state index contributed by atoms with van der Waals surface area (Å²) in [5, 5.41) is 3.90. The first kappa shape index (κ1) is 18.2. The first-order chi connectivity index (χ1) is 13.2. The lowest BCUT2D eigenvalue weighted by molar-refractivity contribution is -0.134. The third-order valence-corrected chi connectivity index (χ3v) is 5.89. The molecule has 144 valence electrons. The Hall–Kier alpha value is -2.14. The normalized spacial score (nSPS) is 22.8. The van der Waals surface area contributed by atoms with Crippen molar-refractivity contribution in [2.24, 2.45) is 5.92 Å². The summed E-state index contributed by atoms with van der Waals surface area (Å²) in [7, 11) is 0. The largest absolute Gasteiger partial charge is 0.361 e. The van der Waals surface area contributed by atoms with E-state index in [1.54, 1.807) is 0 Å². The van der Waals surface area contributed by atoms with E-state index in [-0.39, 0.29) is 5.91 Å². The van der Waals surface area contributed by atoms with Crippen molar-refractivity contribution in [2.45, 2.75) is 45.1 Å². The topological polar surface area (TPSA) is 49.6 Å². The van der Waals surface area contributed by atoms with Crippen molar-refractivity contribution in [3.05, 3.63) is 53.4 Å². The number of hydrogen-bond acceptors (Lipinski definition) is 4. The number of fused-ring (bicyclic) bond motifs is 4. The van der Waals surface area contributed by atoms with Crippen molar-refractivity contribution in [2.75, 3.05) is 26.2 Å². The number of benzene rings is 1. The lowest BCUT2D eigenvalue weighted by atomic mass is 9.94. The number of carbonyl (C=O) groups excluding carboxylic acids is 1. The smallest absolute Gasteiger partial charge is 0.230 e. The molecule has 2 bridgehead atoms. The minimum atomic E-state index is 0.187. The quantitative estimate of drug-likeness (QED) is 0.787.